The molecule has 1 aliphatic heterocycles. The van der Waals surface area contributed by atoms with Gasteiger partial charge < -0.3 is 9.84 Å². The molecule has 5 rings (SSSR count). The second-order valence-corrected chi connectivity index (χ2v) is 11.7. The van der Waals surface area contributed by atoms with E-state index in [0.29, 0.717) is 29.2 Å². The molecule has 2 fully saturated rings. The Hall–Kier alpha value is -2.62. The Morgan fingerprint density at radius 2 is 1.76 bits per heavy atom. The third-order valence-electron chi connectivity index (χ3n) is 9.00. The first-order valence-corrected chi connectivity index (χ1v) is 12.1. The summed E-state index contributed by atoms with van der Waals surface area (Å²) in [6.07, 6.45) is 4.23. The van der Waals surface area contributed by atoms with Crippen molar-refractivity contribution in [1.29, 1.82) is 0 Å². The zero-order valence-electron chi connectivity index (χ0n) is 20.5. The van der Waals surface area contributed by atoms with Crippen LogP contribution < -0.4 is 0 Å². The normalized spacial score (nSPS) is 37.6. The van der Waals surface area contributed by atoms with E-state index in [1.807, 2.05) is 38.1 Å². The van der Waals surface area contributed by atoms with Crippen molar-refractivity contribution < 1.29 is 19.4 Å². The first-order chi connectivity index (χ1) is 15.4. The molecule has 1 aromatic rings. The van der Waals surface area contributed by atoms with Crippen molar-refractivity contribution in [3.8, 4) is 0 Å². The number of hydrogen-bond acceptors (Lipinski definition) is 4. The summed E-state index contributed by atoms with van der Waals surface area (Å²) in [6, 6.07) is 9.10. The Bertz CT molecular complexity index is 1150. The van der Waals surface area contributed by atoms with Crippen molar-refractivity contribution in [2.45, 2.75) is 66.4 Å². The van der Waals surface area contributed by atoms with E-state index >= 15 is 0 Å². The van der Waals surface area contributed by atoms with E-state index < -0.39 is 11.0 Å². The molecule has 0 radical (unpaired) electrons. The highest BCUT2D eigenvalue weighted by molar-refractivity contribution is 6.26. The number of aliphatic hydroxyl groups is 1. The van der Waals surface area contributed by atoms with Crippen LogP contribution in [0.15, 0.2) is 58.9 Å². The fourth-order valence-electron chi connectivity index (χ4n) is 7.07. The summed E-state index contributed by atoms with van der Waals surface area (Å²) in [4.78, 5) is 28.2. The van der Waals surface area contributed by atoms with E-state index in [0.717, 1.165) is 18.4 Å². The number of Topliss-reactive ketones (excluding diaryl/α,β-unsaturated/α-hetero) is 2. The number of allylic oxidation sites excluding steroid dienone is 4. The molecule has 0 saturated heterocycles. The number of aliphatic hydroxyl groups excluding tert-OH is 1. The van der Waals surface area contributed by atoms with Crippen molar-refractivity contribution in [1.82, 2.24) is 0 Å². The van der Waals surface area contributed by atoms with E-state index in [4.69, 9.17) is 4.74 Å². The van der Waals surface area contributed by atoms with Gasteiger partial charge in [0.25, 0.3) is 0 Å². The van der Waals surface area contributed by atoms with Crippen LogP contribution in [0.1, 0.15) is 66.4 Å². The van der Waals surface area contributed by atoms with Crippen LogP contribution in [0.5, 0.6) is 0 Å². The molecule has 1 heterocycles. The van der Waals surface area contributed by atoms with Crippen LogP contribution in [-0.4, -0.2) is 22.3 Å². The van der Waals surface area contributed by atoms with Crippen LogP contribution in [0.2, 0.25) is 0 Å². The maximum Gasteiger partial charge on any atom is 0.184 e. The number of carbonyl (C=O) groups excluding carboxylic acids is 2. The predicted octanol–water partition coefficient (Wildman–Crippen LogP) is 6.20. The number of carbonyl (C=O) groups is 2. The molecular weight excluding hydrogens is 412 g/mol. The predicted molar refractivity (Wildman–Crippen MR) is 128 cm³/mol. The SMILES string of the molecule is CC(C)=CC[C@]1(C)C(=O)C2=C(O[C@@]3(C)CC[C@@H]4[C@H]3[C@H]2C4(C)C)/C(=C(/O)c2ccccc2)C1=O. The Morgan fingerprint density at radius 3 is 2.39 bits per heavy atom. The molecule has 1 N–H and O–H groups in total. The van der Waals surface area contributed by atoms with Crippen LogP contribution in [0.25, 0.3) is 5.76 Å². The molecule has 33 heavy (non-hydrogen) atoms. The van der Waals surface area contributed by atoms with Crippen molar-refractivity contribution in [2.24, 2.45) is 28.6 Å². The van der Waals surface area contributed by atoms with E-state index in [-0.39, 0.29) is 40.1 Å². The van der Waals surface area contributed by atoms with Gasteiger partial charge in [-0.15, -0.1) is 0 Å². The van der Waals surface area contributed by atoms with Gasteiger partial charge in [-0.3, -0.25) is 9.59 Å². The lowest BCUT2D eigenvalue weighted by Crippen LogP contribution is -2.64. The average molecular weight is 447 g/mol. The van der Waals surface area contributed by atoms with Gasteiger partial charge in [-0.05, 0) is 58.3 Å². The second-order valence-electron chi connectivity index (χ2n) is 11.7. The molecule has 174 valence electrons. The van der Waals surface area contributed by atoms with Crippen molar-refractivity contribution in [2.75, 3.05) is 0 Å². The van der Waals surface area contributed by atoms with Crippen LogP contribution in [0.4, 0.5) is 0 Å². The molecule has 4 aliphatic rings. The highest BCUT2D eigenvalue weighted by atomic mass is 16.5. The summed E-state index contributed by atoms with van der Waals surface area (Å²) in [5, 5.41) is 11.4. The third-order valence-corrected chi connectivity index (χ3v) is 9.00. The van der Waals surface area contributed by atoms with Gasteiger partial charge in [-0.25, -0.2) is 0 Å². The monoisotopic (exact) mass is 446 g/mol. The van der Waals surface area contributed by atoms with Crippen LogP contribution in [-0.2, 0) is 14.3 Å². The van der Waals surface area contributed by atoms with Gasteiger partial charge >= 0.3 is 0 Å². The number of fused-ring (bicyclic) bond motifs is 1. The van der Waals surface area contributed by atoms with Gasteiger partial charge in [0.15, 0.2) is 11.6 Å². The van der Waals surface area contributed by atoms with Gasteiger partial charge in [-0.1, -0.05) is 55.8 Å². The minimum absolute atomic E-state index is 0.0314. The Balaban J connectivity index is 1.79. The molecule has 3 aliphatic carbocycles. The topological polar surface area (TPSA) is 63.6 Å². The highest BCUT2D eigenvalue weighted by Gasteiger charge is 2.72. The Kier molecular flexibility index (Phi) is 4.67. The molecule has 0 bridgehead atoms. The van der Waals surface area contributed by atoms with Gasteiger partial charge in [-0.2, -0.15) is 0 Å². The van der Waals surface area contributed by atoms with Crippen LogP contribution in [0, 0.1) is 28.6 Å². The fourth-order valence-corrected chi connectivity index (χ4v) is 7.07. The highest BCUT2D eigenvalue weighted by Crippen LogP contribution is 2.72. The lowest BCUT2D eigenvalue weighted by Gasteiger charge is -2.63. The van der Waals surface area contributed by atoms with Gasteiger partial charge in [0.2, 0.25) is 0 Å². The molecule has 0 spiro atoms. The summed E-state index contributed by atoms with van der Waals surface area (Å²) in [5.74, 6) is 0.566. The van der Waals surface area contributed by atoms with Crippen LogP contribution >= 0.6 is 0 Å². The molecule has 2 saturated carbocycles. The number of ketones is 2. The van der Waals surface area contributed by atoms with Gasteiger partial charge in [0.05, 0.1) is 5.41 Å². The van der Waals surface area contributed by atoms with Crippen molar-refractivity contribution in [3.05, 3.63) is 64.4 Å². The standard InChI is InChI=1S/C29H34O4/c1-16(2)12-14-28(5)25(31)19-22-21-18(27(22,3)4)13-15-29(21,6)33-24(19)20(26(28)32)23(30)17-10-8-7-9-11-17/h7-12,18,21-22,30H,13-15H2,1-6H3/b23-20-/t18-,21+,22+,28-,29+/m1/s1. The maximum absolute atomic E-state index is 14.1. The van der Waals surface area contributed by atoms with Crippen molar-refractivity contribution >= 4 is 17.3 Å². The lowest BCUT2D eigenvalue weighted by molar-refractivity contribution is -0.173. The molecule has 0 amide bonds. The first-order valence-electron chi connectivity index (χ1n) is 12.1. The molecule has 4 nitrogen and oxygen atoms in total. The van der Waals surface area contributed by atoms with E-state index in [1.54, 1.807) is 19.1 Å². The minimum Gasteiger partial charge on any atom is -0.506 e. The Labute approximate surface area is 196 Å². The van der Waals surface area contributed by atoms with Crippen LogP contribution in [0.3, 0.4) is 0 Å². The van der Waals surface area contributed by atoms with Gasteiger partial charge in [0, 0.05) is 23.0 Å². The molecule has 1 aromatic carbocycles. The molecular formula is C29H34O4. The maximum atomic E-state index is 14.1. The summed E-state index contributed by atoms with van der Waals surface area (Å²) in [5.41, 5.74) is 0.689. The largest absolute Gasteiger partial charge is 0.506 e. The third kappa shape index (κ3) is 2.82. The number of ether oxygens (including phenoxy) is 1. The zero-order chi connectivity index (χ0) is 23.9. The average Bonchev–Trinajstić information content (AvgIpc) is 3.12. The van der Waals surface area contributed by atoms with Gasteiger partial charge in [0.1, 0.15) is 22.7 Å². The number of hydrogen-bond donors (Lipinski definition) is 1. The summed E-state index contributed by atoms with van der Waals surface area (Å²) >= 11 is 0. The molecule has 5 atom stereocenters. The van der Waals surface area contributed by atoms with E-state index in [2.05, 4.69) is 20.8 Å². The summed E-state index contributed by atoms with van der Waals surface area (Å²) in [7, 11) is 0. The second kappa shape index (κ2) is 6.94. The fraction of sp³-hybridized carbons (Fsp3) is 0.517. The summed E-state index contributed by atoms with van der Waals surface area (Å²) < 4.78 is 6.62. The zero-order valence-corrected chi connectivity index (χ0v) is 20.5. The van der Waals surface area contributed by atoms with E-state index in [1.165, 1.54) is 0 Å². The van der Waals surface area contributed by atoms with Crippen molar-refractivity contribution in [3.63, 3.8) is 0 Å². The molecule has 4 heteroatoms. The molecule has 0 unspecified atom stereocenters. The van der Waals surface area contributed by atoms with E-state index in [9.17, 15) is 14.7 Å². The minimum atomic E-state index is -1.26. The Morgan fingerprint density at radius 1 is 1.09 bits per heavy atom. The number of rotatable bonds is 3. The smallest absolute Gasteiger partial charge is 0.184 e. The summed E-state index contributed by atoms with van der Waals surface area (Å²) in [6.45, 7) is 12.3. The molecule has 0 aromatic heterocycles. The number of benzene rings is 1. The lowest BCUT2D eigenvalue weighted by atomic mass is 9.43. The first kappa shape index (κ1) is 22.2. The quantitative estimate of drug-likeness (QED) is 0.260.